The molecule has 170 valence electrons. The maximum absolute atomic E-state index is 13.3. The summed E-state index contributed by atoms with van der Waals surface area (Å²) in [6.45, 7) is 0.0473. The van der Waals surface area contributed by atoms with Gasteiger partial charge in [0.1, 0.15) is 12.4 Å². The lowest BCUT2D eigenvalue weighted by Crippen LogP contribution is -2.20. The van der Waals surface area contributed by atoms with Crippen LogP contribution in [-0.2, 0) is 6.18 Å². The zero-order valence-electron chi connectivity index (χ0n) is 17.4. The first-order valence-electron chi connectivity index (χ1n) is 9.87. The minimum Gasteiger partial charge on any atom is -0.479 e. The number of aromatic nitrogens is 2. The molecular formula is C25H15ClF3N3O2. The first-order chi connectivity index (χ1) is 16.3. The first kappa shape index (κ1) is 23.1. The molecule has 0 amide bonds. The molecule has 5 nitrogen and oxygen atoms in total. The number of ether oxygens (including phenoxy) is 1. The molecule has 0 saturated heterocycles. The van der Waals surface area contributed by atoms with Crippen molar-refractivity contribution in [3.05, 3.63) is 93.2 Å². The van der Waals surface area contributed by atoms with Gasteiger partial charge in [0.2, 0.25) is 0 Å². The molecule has 0 atom stereocenters. The number of terminal acetylenes is 1. The third-order valence-corrected chi connectivity index (χ3v) is 5.09. The summed E-state index contributed by atoms with van der Waals surface area (Å²) in [5.74, 6) is 2.68. The summed E-state index contributed by atoms with van der Waals surface area (Å²) in [5, 5.41) is 4.78. The van der Waals surface area contributed by atoms with Gasteiger partial charge in [0.05, 0.1) is 27.7 Å². The van der Waals surface area contributed by atoms with E-state index in [9.17, 15) is 18.0 Å². The van der Waals surface area contributed by atoms with Gasteiger partial charge < -0.3 is 4.74 Å². The largest absolute Gasteiger partial charge is 0.479 e. The van der Waals surface area contributed by atoms with E-state index in [1.54, 1.807) is 42.5 Å². The van der Waals surface area contributed by atoms with E-state index in [1.165, 1.54) is 18.3 Å². The van der Waals surface area contributed by atoms with E-state index in [-0.39, 0.29) is 28.4 Å². The standard InChI is InChI=1S/C25H15ClF3N3O2/c1-2-12-34-22-11-10-16(13-20(22)26)15-30-32-23(17-6-5-7-18(14-17)25(27,28)29)31-21-9-4-3-8-19(21)24(32)33/h1,3-11,13-15H,12H2. The van der Waals surface area contributed by atoms with Crippen molar-refractivity contribution in [3.63, 3.8) is 0 Å². The Bertz CT molecular complexity index is 1500. The van der Waals surface area contributed by atoms with Gasteiger partial charge in [-0.15, -0.1) is 6.42 Å². The van der Waals surface area contributed by atoms with Crippen LogP contribution in [0.1, 0.15) is 11.1 Å². The molecule has 4 aromatic rings. The SMILES string of the molecule is C#CCOc1ccc(C=Nn2c(-c3cccc(C(F)(F)F)c3)nc3ccccc3c2=O)cc1Cl. The van der Waals surface area contributed by atoms with Crippen molar-refractivity contribution >= 4 is 28.7 Å². The molecule has 0 aliphatic rings. The Morgan fingerprint density at radius 1 is 1.12 bits per heavy atom. The number of benzene rings is 3. The van der Waals surface area contributed by atoms with E-state index in [1.807, 2.05) is 0 Å². The van der Waals surface area contributed by atoms with Gasteiger partial charge in [0.15, 0.2) is 5.82 Å². The highest BCUT2D eigenvalue weighted by molar-refractivity contribution is 6.32. The Morgan fingerprint density at radius 3 is 2.65 bits per heavy atom. The van der Waals surface area contributed by atoms with Crippen LogP contribution in [0.5, 0.6) is 5.75 Å². The molecule has 0 unspecified atom stereocenters. The predicted molar refractivity (Wildman–Crippen MR) is 125 cm³/mol. The normalized spacial score (nSPS) is 11.6. The average Bonchev–Trinajstić information content (AvgIpc) is 2.82. The first-order valence-corrected chi connectivity index (χ1v) is 10.3. The molecule has 0 saturated carbocycles. The van der Waals surface area contributed by atoms with Crippen molar-refractivity contribution in [2.75, 3.05) is 6.61 Å². The fourth-order valence-corrected chi connectivity index (χ4v) is 3.45. The van der Waals surface area contributed by atoms with Gasteiger partial charge in [0, 0.05) is 5.56 Å². The van der Waals surface area contributed by atoms with Gasteiger partial charge in [-0.2, -0.15) is 22.9 Å². The quantitative estimate of drug-likeness (QED) is 0.274. The molecular weight excluding hydrogens is 467 g/mol. The Balaban J connectivity index is 1.84. The van der Waals surface area contributed by atoms with Crippen LogP contribution in [0, 0.1) is 12.3 Å². The molecule has 3 aromatic carbocycles. The Hall–Kier alpha value is -4.09. The van der Waals surface area contributed by atoms with Gasteiger partial charge >= 0.3 is 6.18 Å². The average molecular weight is 482 g/mol. The van der Waals surface area contributed by atoms with Crippen molar-refractivity contribution in [2.24, 2.45) is 5.10 Å². The Labute approximate surface area is 197 Å². The topological polar surface area (TPSA) is 56.5 Å². The van der Waals surface area contributed by atoms with E-state index < -0.39 is 17.3 Å². The van der Waals surface area contributed by atoms with Gasteiger partial charge in [0.25, 0.3) is 5.56 Å². The molecule has 0 N–H and O–H groups in total. The van der Waals surface area contributed by atoms with Crippen LogP contribution in [0.3, 0.4) is 0 Å². The summed E-state index contributed by atoms with van der Waals surface area (Å²) in [6, 6.07) is 15.9. The number of rotatable bonds is 5. The van der Waals surface area contributed by atoms with Crippen molar-refractivity contribution in [1.82, 2.24) is 9.66 Å². The summed E-state index contributed by atoms with van der Waals surface area (Å²) >= 11 is 6.20. The molecule has 0 radical (unpaired) electrons. The van der Waals surface area contributed by atoms with Crippen molar-refractivity contribution in [3.8, 4) is 29.5 Å². The lowest BCUT2D eigenvalue weighted by atomic mass is 10.1. The lowest BCUT2D eigenvalue weighted by Gasteiger charge is -2.12. The minimum absolute atomic E-state index is 0.0360. The van der Waals surface area contributed by atoms with Crippen molar-refractivity contribution in [2.45, 2.75) is 6.18 Å². The number of halogens is 4. The van der Waals surface area contributed by atoms with Gasteiger partial charge in [-0.05, 0) is 48.0 Å². The molecule has 1 aromatic heterocycles. The molecule has 0 aliphatic carbocycles. The maximum Gasteiger partial charge on any atom is 0.416 e. The Morgan fingerprint density at radius 2 is 1.91 bits per heavy atom. The summed E-state index contributed by atoms with van der Waals surface area (Å²) < 4.78 is 46.1. The molecule has 0 fully saturated rings. The zero-order valence-corrected chi connectivity index (χ0v) is 18.1. The molecule has 9 heteroatoms. The second-order valence-electron chi connectivity index (χ2n) is 7.08. The monoisotopic (exact) mass is 481 g/mol. The van der Waals surface area contributed by atoms with E-state index >= 15 is 0 Å². The zero-order chi connectivity index (χ0) is 24.3. The summed E-state index contributed by atoms with van der Waals surface area (Å²) in [7, 11) is 0. The molecule has 0 aliphatic heterocycles. The molecule has 1 heterocycles. The number of para-hydroxylation sites is 1. The van der Waals surface area contributed by atoms with Crippen LogP contribution in [0.25, 0.3) is 22.3 Å². The molecule has 0 bridgehead atoms. The van der Waals surface area contributed by atoms with Crippen LogP contribution in [-0.4, -0.2) is 22.5 Å². The summed E-state index contributed by atoms with van der Waals surface area (Å²) in [6.07, 6.45) is 1.98. The third kappa shape index (κ3) is 4.80. The molecule has 34 heavy (non-hydrogen) atoms. The number of fused-ring (bicyclic) bond motifs is 1. The van der Waals surface area contributed by atoms with Crippen molar-refractivity contribution in [1.29, 1.82) is 0 Å². The number of nitrogens with zero attached hydrogens (tertiary/aromatic N) is 3. The maximum atomic E-state index is 13.3. The van der Waals surface area contributed by atoms with E-state index in [4.69, 9.17) is 22.8 Å². The van der Waals surface area contributed by atoms with Crippen molar-refractivity contribution < 1.29 is 17.9 Å². The Kier molecular flexibility index (Phi) is 6.39. The smallest absolute Gasteiger partial charge is 0.416 e. The van der Waals surface area contributed by atoms with Gasteiger partial charge in [-0.1, -0.05) is 41.8 Å². The fraction of sp³-hybridized carbons (Fsp3) is 0.0800. The number of hydrogen-bond acceptors (Lipinski definition) is 4. The van der Waals surface area contributed by atoms with Crippen LogP contribution in [0.15, 0.2) is 76.6 Å². The van der Waals surface area contributed by atoms with Crippen LogP contribution >= 0.6 is 11.6 Å². The lowest BCUT2D eigenvalue weighted by molar-refractivity contribution is -0.137. The molecule has 4 rings (SSSR count). The third-order valence-electron chi connectivity index (χ3n) is 4.79. The highest BCUT2D eigenvalue weighted by Crippen LogP contribution is 2.32. The van der Waals surface area contributed by atoms with Crippen LogP contribution in [0.2, 0.25) is 5.02 Å². The minimum atomic E-state index is -4.55. The van der Waals surface area contributed by atoms with E-state index in [0.29, 0.717) is 16.8 Å². The molecule has 0 spiro atoms. The second-order valence-corrected chi connectivity index (χ2v) is 7.48. The predicted octanol–water partition coefficient (Wildman–Crippen LogP) is 5.63. The van der Waals surface area contributed by atoms with E-state index in [2.05, 4.69) is 16.0 Å². The summed E-state index contributed by atoms with van der Waals surface area (Å²) in [4.78, 5) is 17.6. The fourth-order valence-electron chi connectivity index (χ4n) is 3.21. The van der Waals surface area contributed by atoms with Gasteiger partial charge in [-0.25, -0.2) is 4.98 Å². The van der Waals surface area contributed by atoms with Gasteiger partial charge in [-0.3, -0.25) is 4.79 Å². The second kappa shape index (κ2) is 9.41. The highest BCUT2D eigenvalue weighted by Gasteiger charge is 2.30. The van der Waals surface area contributed by atoms with E-state index in [0.717, 1.165) is 16.8 Å². The number of alkyl halides is 3. The van der Waals surface area contributed by atoms with Crippen LogP contribution < -0.4 is 10.3 Å². The van der Waals surface area contributed by atoms with Crippen LogP contribution in [0.4, 0.5) is 13.2 Å². The number of hydrogen-bond donors (Lipinski definition) is 0. The summed E-state index contributed by atoms with van der Waals surface area (Å²) in [5.41, 5.74) is -0.449. The highest BCUT2D eigenvalue weighted by atomic mass is 35.5.